The third-order valence-electron chi connectivity index (χ3n) is 5.22. The lowest BCUT2D eigenvalue weighted by Gasteiger charge is -2.16. The van der Waals surface area contributed by atoms with Crippen molar-refractivity contribution in [2.45, 2.75) is 19.4 Å². The average molecular weight is 421 g/mol. The molecule has 11 nitrogen and oxygen atoms in total. The van der Waals surface area contributed by atoms with Crippen molar-refractivity contribution in [3.8, 4) is 17.3 Å². The molecule has 0 fully saturated rings. The van der Waals surface area contributed by atoms with E-state index in [9.17, 15) is 5.11 Å². The number of aliphatic hydroxyl groups excluding tert-OH is 1. The molecular formula is C20H23N9O2. The Morgan fingerprint density at radius 1 is 1.29 bits per heavy atom. The van der Waals surface area contributed by atoms with E-state index in [4.69, 9.17) is 9.84 Å². The first-order chi connectivity index (χ1) is 15.1. The molecule has 1 atom stereocenters. The monoisotopic (exact) mass is 421 g/mol. The average Bonchev–Trinajstić information content (AvgIpc) is 3.32. The number of fused-ring (bicyclic) bond motifs is 5. The third kappa shape index (κ3) is 3.52. The predicted octanol–water partition coefficient (Wildman–Crippen LogP) is 2.11. The molecule has 4 aromatic rings. The van der Waals surface area contributed by atoms with Gasteiger partial charge in [0.15, 0.2) is 11.6 Å². The zero-order chi connectivity index (χ0) is 21.4. The van der Waals surface area contributed by atoms with Gasteiger partial charge in [-0.1, -0.05) is 0 Å². The molecule has 1 unspecified atom stereocenters. The highest BCUT2D eigenvalue weighted by molar-refractivity contribution is 5.91. The van der Waals surface area contributed by atoms with Crippen LogP contribution in [0.25, 0.3) is 22.3 Å². The van der Waals surface area contributed by atoms with E-state index in [1.54, 1.807) is 29.3 Å². The van der Waals surface area contributed by atoms with Gasteiger partial charge in [0.2, 0.25) is 5.88 Å². The Morgan fingerprint density at radius 2 is 2.19 bits per heavy atom. The second-order valence-electron chi connectivity index (χ2n) is 7.39. The largest absolute Gasteiger partial charge is 0.477 e. The molecule has 31 heavy (non-hydrogen) atoms. The second kappa shape index (κ2) is 7.84. The van der Waals surface area contributed by atoms with Gasteiger partial charge in [-0.2, -0.15) is 10.2 Å². The molecular weight excluding hydrogens is 398 g/mol. The van der Waals surface area contributed by atoms with Crippen LogP contribution in [0.4, 0.5) is 17.5 Å². The number of aryl methyl sites for hydroxylation is 1. The number of pyridine rings is 1. The molecule has 0 spiro atoms. The minimum atomic E-state index is 0.0217. The van der Waals surface area contributed by atoms with Gasteiger partial charge in [-0.3, -0.25) is 4.68 Å². The van der Waals surface area contributed by atoms with Crippen molar-refractivity contribution in [3.05, 3.63) is 30.7 Å². The van der Waals surface area contributed by atoms with Crippen LogP contribution in [0.1, 0.15) is 19.4 Å². The number of hydrogen-bond acceptors (Lipinski definition) is 9. The van der Waals surface area contributed by atoms with E-state index in [0.717, 1.165) is 22.9 Å². The Hall–Kier alpha value is -3.73. The SMILES string of the molecule is CC1CCOc2c(cnn2C)-c2nccc(n2)Nc2cc3c(cn2)c(NCCO)nn31. The highest BCUT2D eigenvalue weighted by Crippen LogP contribution is 2.31. The fourth-order valence-electron chi connectivity index (χ4n) is 3.63. The molecule has 160 valence electrons. The maximum atomic E-state index is 9.20. The van der Waals surface area contributed by atoms with Gasteiger partial charge in [0.1, 0.15) is 17.2 Å². The molecule has 0 aliphatic carbocycles. The van der Waals surface area contributed by atoms with E-state index >= 15 is 0 Å². The molecule has 0 amide bonds. The highest BCUT2D eigenvalue weighted by atomic mass is 16.5. The lowest BCUT2D eigenvalue weighted by Crippen LogP contribution is -2.13. The summed E-state index contributed by atoms with van der Waals surface area (Å²) in [7, 11) is 1.83. The Labute approximate surface area is 178 Å². The number of rotatable bonds is 3. The predicted molar refractivity (Wildman–Crippen MR) is 115 cm³/mol. The molecule has 5 rings (SSSR count). The van der Waals surface area contributed by atoms with Gasteiger partial charge in [-0.25, -0.2) is 19.6 Å². The second-order valence-corrected chi connectivity index (χ2v) is 7.39. The van der Waals surface area contributed by atoms with Crippen molar-refractivity contribution in [1.82, 2.24) is 34.5 Å². The topological polar surface area (TPSA) is 128 Å². The quantitative estimate of drug-likeness (QED) is 0.456. The van der Waals surface area contributed by atoms with Crippen LogP contribution in [-0.4, -0.2) is 59.4 Å². The van der Waals surface area contributed by atoms with E-state index < -0.39 is 0 Å². The summed E-state index contributed by atoms with van der Waals surface area (Å²) in [5.41, 5.74) is 1.66. The van der Waals surface area contributed by atoms with Crippen LogP contribution in [0.5, 0.6) is 5.88 Å². The van der Waals surface area contributed by atoms with Crippen LogP contribution >= 0.6 is 0 Å². The zero-order valence-corrected chi connectivity index (χ0v) is 17.3. The molecule has 1 aliphatic rings. The number of anilines is 3. The fraction of sp³-hybridized carbons (Fsp3) is 0.350. The molecule has 3 N–H and O–H groups in total. The summed E-state index contributed by atoms with van der Waals surface area (Å²) >= 11 is 0. The van der Waals surface area contributed by atoms with Crippen LogP contribution in [0.2, 0.25) is 0 Å². The molecule has 0 radical (unpaired) electrons. The number of aromatic nitrogens is 7. The molecule has 1 aliphatic heterocycles. The summed E-state index contributed by atoms with van der Waals surface area (Å²) in [4.78, 5) is 13.6. The Bertz CT molecular complexity index is 1230. The standard InChI is InChI=1S/C20H23N9O2/c1-12-4-8-31-20-14(11-24-28(20)2)18-21-5-3-16(26-18)25-17-9-15-13(10-23-17)19(22-6-7-30)27-29(12)15/h3,5,9-12,30H,4,6-8H2,1-2H3,(H,22,27)(H,21,23,25,26). The molecule has 0 saturated heterocycles. The first kappa shape index (κ1) is 19.2. The van der Waals surface area contributed by atoms with Gasteiger partial charge in [-0.15, -0.1) is 0 Å². The van der Waals surface area contributed by atoms with Gasteiger partial charge < -0.3 is 20.5 Å². The maximum Gasteiger partial charge on any atom is 0.222 e. The number of hydrogen-bond donors (Lipinski definition) is 3. The molecule has 11 heteroatoms. The summed E-state index contributed by atoms with van der Waals surface area (Å²) in [6, 6.07) is 3.80. The number of nitrogens with zero attached hydrogens (tertiary/aromatic N) is 7. The molecule has 4 aromatic heterocycles. The first-order valence-electron chi connectivity index (χ1n) is 10.1. The summed E-state index contributed by atoms with van der Waals surface area (Å²) in [6.45, 7) is 3.01. The highest BCUT2D eigenvalue weighted by Gasteiger charge is 2.20. The van der Waals surface area contributed by atoms with Gasteiger partial charge >= 0.3 is 0 Å². The number of aliphatic hydroxyl groups is 1. The van der Waals surface area contributed by atoms with E-state index in [0.29, 0.717) is 42.3 Å². The number of ether oxygens (including phenoxy) is 1. The van der Waals surface area contributed by atoms with Crippen molar-refractivity contribution in [3.63, 3.8) is 0 Å². The van der Waals surface area contributed by atoms with Crippen molar-refractivity contribution in [2.24, 2.45) is 7.05 Å². The van der Waals surface area contributed by atoms with Crippen LogP contribution in [0, 0.1) is 0 Å². The summed E-state index contributed by atoms with van der Waals surface area (Å²) in [6.07, 6.45) is 5.90. The van der Waals surface area contributed by atoms with Gasteiger partial charge in [0, 0.05) is 38.5 Å². The summed E-state index contributed by atoms with van der Waals surface area (Å²) in [5.74, 6) is 3.10. The first-order valence-corrected chi connectivity index (χ1v) is 10.1. The fourth-order valence-corrected chi connectivity index (χ4v) is 3.63. The Morgan fingerprint density at radius 3 is 3.06 bits per heavy atom. The van der Waals surface area contributed by atoms with Crippen molar-refractivity contribution >= 4 is 28.4 Å². The summed E-state index contributed by atoms with van der Waals surface area (Å²) in [5, 5.41) is 25.6. The van der Waals surface area contributed by atoms with E-state index in [1.165, 1.54) is 0 Å². The lowest BCUT2D eigenvalue weighted by molar-refractivity contribution is 0.260. The summed E-state index contributed by atoms with van der Waals surface area (Å²) < 4.78 is 9.74. The van der Waals surface area contributed by atoms with E-state index in [1.807, 2.05) is 17.8 Å². The normalized spacial score (nSPS) is 15.8. The number of nitrogens with one attached hydrogen (secondary N) is 2. The van der Waals surface area contributed by atoms with Crippen LogP contribution in [-0.2, 0) is 7.05 Å². The van der Waals surface area contributed by atoms with Gasteiger partial charge in [-0.05, 0) is 13.0 Å². The Kier molecular flexibility index (Phi) is 4.86. The maximum absolute atomic E-state index is 9.20. The minimum Gasteiger partial charge on any atom is -0.477 e. The molecule has 0 aromatic carbocycles. The molecule has 4 bridgehead atoms. The van der Waals surface area contributed by atoms with Gasteiger partial charge in [0.25, 0.3) is 0 Å². The Balaban J connectivity index is 1.62. The van der Waals surface area contributed by atoms with Gasteiger partial charge in [0.05, 0.1) is 36.4 Å². The lowest BCUT2D eigenvalue weighted by atomic mass is 10.2. The van der Waals surface area contributed by atoms with E-state index in [-0.39, 0.29) is 12.6 Å². The third-order valence-corrected chi connectivity index (χ3v) is 5.22. The van der Waals surface area contributed by atoms with Crippen molar-refractivity contribution in [2.75, 3.05) is 30.4 Å². The molecule has 0 saturated carbocycles. The van der Waals surface area contributed by atoms with E-state index in [2.05, 4.69) is 37.6 Å². The van der Waals surface area contributed by atoms with Crippen LogP contribution in [0.3, 0.4) is 0 Å². The van der Waals surface area contributed by atoms with Crippen molar-refractivity contribution < 1.29 is 9.84 Å². The van der Waals surface area contributed by atoms with Crippen LogP contribution in [0.15, 0.2) is 30.7 Å². The zero-order valence-electron chi connectivity index (χ0n) is 17.3. The van der Waals surface area contributed by atoms with Crippen LogP contribution < -0.4 is 15.4 Å². The smallest absolute Gasteiger partial charge is 0.222 e. The minimum absolute atomic E-state index is 0.0217. The molecule has 5 heterocycles. The van der Waals surface area contributed by atoms with Crippen molar-refractivity contribution in [1.29, 1.82) is 0 Å².